The molecule has 1 aliphatic rings. The molecule has 1 aromatic carbocycles. The monoisotopic (exact) mass is 242 g/mol. The van der Waals surface area contributed by atoms with Crippen molar-refractivity contribution < 1.29 is 4.52 Å². The lowest BCUT2D eigenvalue weighted by molar-refractivity contribution is 0.383. The van der Waals surface area contributed by atoms with Crippen molar-refractivity contribution >= 4 is 5.82 Å². The van der Waals surface area contributed by atoms with Gasteiger partial charge >= 0.3 is 0 Å². The molecule has 2 atom stereocenters. The van der Waals surface area contributed by atoms with Crippen LogP contribution in [0.25, 0.3) is 0 Å². The van der Waals surface area contributed by atoms with Gasteiger partial charge in [0.1, 0.15) is 5.76 Å². The minimum absolute atomic E-state index is 0.471. The first-order valence-electron chi connectivity index (χ1n) is 6.60. The van der Waals surface area contributed by atoms with Gasteiger partial charge < -0.3 is 10.3 Å². The van der Waals surface area contributed by atoms with Crippen molar-refractivity contribution in [3.63, 3.8) is 0 Å². The van der Waals surface area contributed by atoms with Crippen LogP contribution in [0.1, 0.15) is 48.5 Å². The van der Waals surface area contributed by atoms with Gasteiger partial charge in [-0.05, 0) is 24.3 Å². The third kappa shape index (κ3) is 1.90. The lowest BCUT2D eigenvalue weighted by atomic mass is 10.0. The number of hydrogen-bond donors (Lipinski definition) is 1. The third-order valence-corrected chi connectivity index (χ3v) is 3.70. The summed E-state index contributed by atoms with van der Waals surface area (Å²) in [6.45, 7) is 2.15. The van der Waals surface area contributed by atoms with E-state index in [1.165, 1.54) is 5.56 Å². The highest BCUT2D eigenvalue weighted by molar-refractivity contribution is 5.45. The summed E-state index contributed by atoms with van der Waals surface area (Å²) in [5, 5.41) is 3.93. The highest BCUT2D eigenvalue weighted by Crippen LogP contribution is 2.55. The summed E-state index contributed by atoms with van der Waals surface area (Å²) >= 11 is 0. The van der Waals surface area contributed by atoms with E-state index in [0.717, 1.165) is 30.6 Å². The fourth-order valence-corrected chi connectivity index (χ4v) is 2.68. The van der Waals surface area contributed by atoms with Crippen molar-refractivity contribution in [2.75, 3.05) is 5.73 Å². The zero-order valence-electron chi connectivity index (χ0n) is 10.6. The Bertz CT molecular complexity index is 533. The fourth-order valence-electron chi connectivity index (χ4n) is 2.68. The standard InChI is InChI=1S/C15H18N2O/c1-2-6-11-14(18-17-15(11)16)13-9-12(13)10-7-4-3-5-8-10/h3-5,7-8,12-13H,2,6,9H2,1H3,(H2,16,17). The molecule has 1 aliphatic carbocycles. The zero-order valence-corrected chi connectivity index (χ0v) is 10.6. The van der Waals surface area contributed by atoms with E-state index in [-0.39, 0.29) is 0 Å². The van der Waals surface area contributed by atoms with Gasteiger partial charge in [-0.1, -0.05) is 48.8 Å². The van der Waals surface area contributed by atoms with Gasteiger partial charge in [0.25, 0.3) is 0 Å². The van der Waals surface area contributed by atoms with Gasteiger partial charge in [-0.15, -0.1) is 0 Å². The van der Waals surface area contributed by atoms with Crippen LogP contribution in [0.3, 0.4) is 0 Å². The van der Waals surface area contributed by atoms with Gasteiger partial charge in [0, 0.05) is 11.5 Å². The molecule has 0 saturated heterocycles. The molecule has 2 unspecified atom stereocenters. The first kappa shape index (κ1) is 11.3. The molecule has 2 N–H and O–H groups in total. The summed E-state index contributed by atoms with van der Waals surface area (Å²) in [6.07, 6.45) is 3.18. The maximum atomic E-state index is 5.87. The second-order valence-corrected chi connectivity index (χ2v) is 5.02. The molecule has 3 rings (SSSR count). The lowest BCUT2D eigenvalue weighted by Gasteiger charge is -2.00. The Kier molecular flexibility index (Phi) is 2.82. The van der Waals surface area contributed by atoms with Crippen LogP contribution < -0.4 is 5.73 Å². The molecular weight excluding hydrogens is 224 g/mol. The molecule has 2 aromatic rings. The topological polar surface area (TPSA) is 52.0 Å². The number of nitrogen functional groups attached to an aromatic ring is 1. The van der Waals surface area contributed by atoms with E-state index in [2.05, 4.69) is 42.4 Å². The molecule has 0 radical (unpaired) electrons. The Balaban J connectivity index is 1.82. The number of hydrogen-bond acceptors (Lipinski definition) is 3. The van der Waals surface area contributed by atoms with E-state index in [4.69, 9.17) is 10.3 Å². The number of anilines is 1. The van der Waals surface area contributed by atoms with Crippen LogP contribution in [0.15, 0.2) is 34.9 Å². The minimum atomic E-state index is 0.471. The van der Waals surface area contributed by atoms with Gasteiger partial charge in [0.15, 0.2) is 5.82 Å². The molecule has 94 valence electrons. The summed E-state index contributed by atoms with van der Waals surface area (Å²) in [6, 6.07) is 10.6. The fraction of sp³-hybridized carbons (Fsp3) is 0.400. The van der Waals surface area contributed by atoms with E-state index in [9.17, 15) is 0 Å². The maximum Gasteiger partial charge on any atom is 0.170 e. The number of rotatable bonds is 4. The smallest absolute Gasteiger partial charge is 0.170 e. The minimum Gasteiger partial charge on any atom is -0.381 e. The van der Waals surface area contributed by atoms with Gasteiger partial charge in [-0.3, -0.25) is 0 Å². The average Bonchev–Trinajstić information content (AvgIpc) is 3.12. The molecule has 0 aliphatic heterocycles. The summed E-state index contributed by atoms with van der Waals surface area (Å²) in [4.78, 5) is 0. The van der Waals surface area contributed by atoms with Crippen molar-refractivity contribution in [3.8, 4) is 0 Å². The normalized spacial score (nSPS) is 22.1. The van der Waals surface area contributed by atoms with Gasteiger partial charge in [-0.2, -0.15) is 0 Å². The highest BCUT2D eigenvalue weighted by atomic mass is 16.5. The Morgan fingerprint density at radius 1 is 1.28 bits per heavy atom. The second-order valence-electron chi connectivity index (χ2n) is 5.02. The zero-order chi connectivity index (χ0) is 12.5. The number of benzene rings is 1. The van der Waals surface area contributed by atoms with Gasteiger partial charge in [0.05, 0.1) is 0 Å². The second kappa shape index (κ2) is 4.48. The van der Waals surface area contributed by atoms with E-state index in [1.807, 2.05) is 0 Å². The Labute approximate surface area is 107 Å². The maximum absolute atomic E-state index is 5.87. The molecule has 1 aromatic heterocycles. The quantitative estimate of drug-likeness (QED) is 0.893. The molecule has 3 heteroatoms. The molecule has 0 spiro atoms. The molecule has 1 saturated carbocycles. The summed E-state index contributed by atoms with van der Waals surface area (Å²) < 4.78 is 5.45. The van der Waals surface area contributed by atoms with Crippen LogP contribution in [-0.4, -0.2) is 5.16 Å². The molecular formula is C15H18N2O. The molecule has 0 bridgehead atoms. The largest absolute Gasteiger partial charge is 0.381 e. The molecule has 1 fully saturated rings. The summed E-state index contributed by atoms with van der Waals surface area (Å²) in [7, 11) is 0. The molecule has 18 heavy (non-hydrogen) atoms. The van der Waals surface area contributed by atoms with Crippen LogP contribution in [-0.2, 0) is 6.42 Å². The number of aromatic nitrogens is 1. The lowest BCUT2D eigenvalue weighted by Crippen LogP contribution is -1.94. The van der Waals surface area contributed by atoms with Crippen LogP contribution in [0.5, 0.6) is 0 Å². The predicted molar refractivity (Wildman–Crippen MR) is 71.5 cm³/mol. The first-order valence-corrected chi connectivity index (χ1v) is 6.60. The van der Waals surface area contributed by atoms with Crippen LogP contribution in [0.2, 0.25) is 0 Å². The van der Waals surface area contributed by atoms with E-state index in [0.29, 0.717) is 17.7 Å². The Morgan fingerprint density at radius 2 is 2.06 bits per heavy atom. The van der Waals surface area contributed by atoms with Crippen molar-refractivity contribution in [2.45, 2.75) is 38.0 Å². The van der Waals surface area contributed by atoms with Crippen molar-refractivity contribution in [1.82, 2.24) is 5.16 Å². The van der Waals surface area contributed by atoms with Crippen LogP contribution in [0.4, 0.5) is 5.82 Å². The summed E-state index contributed by atoms with van der Waals surface area (Å²) in [5.41, 5.74) is 8.39. The van der Waals surface area contributed by atoms with Crippen molar-refractivity contribution in [1.29, 1.82) is 0 Å². The summed E-state index contributed by atoms with van der Waals surface area (Å²) in [5.74, 6) is 2.64. The van der Waals surface area contributed by atoms with Gasteiger partial charge in [-0.25, -0.2) is 0 Å². The Morgan fingerprint density at radius 3 is 2.78 bits per heavy atom. The van der Waals surface area contributed by atoms with Crippen LogP contribution >= 0.6 is 0 Å². The highest BCUT2D eigenvalue weighted by Gasteiger charge is 2.43. The number of nitrogens with zero attached hydrogens (tertiary/aromatic N) is 1. The Hall–Kier alpha value is -1.77. The van der Waals surface area contributed by atoms with Crippen molar-refractivity contribution in [3.05, 3.63) is 47.2 Å². The molecule has 1 heterocycles. The van der Waals surface area contributed by atoms with Crippen molar-refractivity contribution in [2.24, 2.45) is 0 Å². The molecule has 0 amide bonds. The van der Waals surface area contributed by atoms with Gasteiger partial charge in [0.2, 0.25) is 0 Å². The third-order valence-electron chi connectivity index (χ3n) is 3.70. The number of nitrogens with two attached hydrogens (primary N) is 1. The first-order chi connectivity index (χ1) is 8.81. The molecule has 3 nitrogen and oxygen atoms in total. The predicted octanol–water partition coefficient (Wildman–Crippen LogP) is 3.48. The average molecular weight is 242 g/mol. The van der Waals surface area contributed by atoms with E-state index in [1.54, 1.807) is 0 Å². The SMILES string of the molecule is CCCc1c(N)noc1C1CC1c1ccccc1. The van der Waals surface area contributed by atoms with E-state index >= 15 is 0 Å². The van der Waals surface area contributed by atoms with Crippen LogP contribution in [0, 0.1) is 0 Å². The van der Waals surface area contributed by atoms with E-state index < -0.39 is 0 Å².